The van der Waals surface area contributed by atoms with Crippen molar-refractivity contribution in [1.29, 1.82) is 0 Å². The van der Waals surface area contributed by atoms with Crippen molar-refractivity contribution in [2.75, 3.05) is 6.79 Å². The number of fused-ring (bicyclic) bond motifs is 2. The molecule has 11 heteroatoms. The van der Waals surface area contributed by atoms with Crippen LogP contribution in [0.5, 0.6) is 17.2 Å². The van der Waals surface area contributed by atoms with Gasteiger partial charge in [0.2, 0.25) is 6.79 Å². The van der Waals surface area contributed by atoms with Crippen LogP contribution in [0.25, 0.3) is 10.9 Å². The van der Waals surface area contributed by atoms with Gasteiger partial charge >= 0.3 is 5.69 Å². The summed E-state index contributed by atoms with van der Waals surface area (Å²) in [5.74, 6) is 1.85. The summed E-state index contributed by atoms with van der Waals surface area (Å²) in [6.45, 7) is 4.24. The molecule has 0 bridgehead atoms. The lowest BCUT2D eigenvalue weighted by Gasteiger charge is -2.14. The first-order chi connectivity index (χ1) is 18.3. The Labute approximate surface area is 225 Å². The molecule has 3 aromatic carbocycles. The molecule has 0 amide bonds. The van der Waals surface area contributed by atoms with Crippen molar-refractivity contribution in [3.8, 4) is 17.2 Å². The topological polar surface area (TPSA) is 118 Å². The molecule has 1 aliphatic rings. The summed E-state index contributed by atoms with van der Waals surface area (Å²) in [6.07, 6.45) is 2.16. The largest absolute Gasteiger partial charge is 0.482 e. The normalized spacial score (nSPS) is 13.2. The molecular weight excluding hydrogens is 556 g/mol. The van der Waals surface area contributed by atoms with Gasteiger partial charge in [-0.25, -0.2) is 4.98 Å². The van der Waals surface area contributed by atoms with E-state index < -0.39 is 4.92 Å². The molecule has 1 aliphatic heterocycles. The van der Waals surface area contributed by atoms with Crippen molar-refractivity contribution >= 4 is 38.7 Å². The second kappa shape index (κ2) is 10.6. The highest BCUT2D eigenvalue weighted by atomic mass is 79.9. The number of hydrogen-bond donors (Lipinski definition) is 0. The molecular formula is C27H23BrN4O6. The van der Waals surface area contributed by atoms with Gasteiger partial charge in [0.05, 0.1) is 22.0 Å². The van der Waals surface area contributed by atoms with Crippen LogP contribution in [0.2, 0.25) is 0 Å². The summed E-state index contributed by atoms with van der Waals surface area (Å²) in [7, 11) is 0. The van der Waals surface area contributed by atoms with E-state index in [0.717, 1.165) is 16.5 Å². The molecule has 1 aromatic heterocycles. The van der Waals surface area contributed by atoms with Crippen LogP contribution in [0.3, 0.4) is 0 Å². The minimum Gasteiger partial charge on any atom is -0.482 e. The highest BCUT2D eigenvalue weighted by Crippen LogP contribution is 2.34. The van der Waals surface area contributed by atoms with Crippen LogP contribution in [0.1, 0.15) is 43.1 Å². The van der Waals surface area contributed by atoms with Gasteiger partial charge in [-0.1, -0.05) is 35.8 Å². The number of benzene rings is 3. The highest BCUT2D eigenvalue weighted by Gasteiger charge is 2.19. The second-order valence-corrected chi connectivity index (χ2v) is 9.68. The fourth-order valence-corrected chi connectivity index (χ4v) is 4.34. The SMILES string of the molecule is CC[C@H](C)c1nc2ccc(Br)cc2c(=O)n1N=Cc1ccc(OCc2ccc3c(c2)OCO3)c([N+](=O)[O-])c1. The van der Waals surface area contributed by atoms with Crippen molar-refractivity contribution in [3.05, 3.63) is 96.5 Å². The summed E-state index contributed by atoms with van der Waals surface area (Å²) >= 11 is 3.39. The van der Waals surface area contributed by atoms with Gasteiger partial charge in [0.15, 0.2) is 17.2 Å². The first-order valence-corrected chi connectivity index (χ1v) is 12.7. The quantitative estimate of drug-likeness (QED) is 0.148. The average molecular weight is 579 g/mol. The van der Waals surface area contributed by atoms with Crippen molar-refractivity contribution < 1.29 is 19.1 Å². The van der Waals surface area contributed by atoms with Gasteiger partial charge in [0.1, 0.15) is 12.4 Å². The van der Waals surface area contributed by atoms with E-state index in [9.17, 15) is 14.9 Å². The van der Waals surface area contributed by atoms with E-state index in [1.54, 1.807) is 30.3 Å². The number of halogens is 1. The summed E-state index contributed by atoms with van der Waals surface area (Å²) in [5, 5.41) is 16.6. The van der Waals surface area contributed by atoms with Gasteiger partial charge < -0.3 is 14.2 Å². The molecule has 0 saturated heterocycles. The number of ether oxygens (including phenoxy) is 3. The first-order valence-electron chi connectivity index (χ1n) is 11.9. The van der Waals surface area contributed by atoms with Crippen molar-refractivity contribution in [2.45, 2.75) is 32.8 Å². The highest BCUT2D eigenvalue weighted by molar-refractivity contribution is 9.10. The Bertz CT molecular complexity index is 1630. The zero-order valence-electron chi connectivity index (χ0n) is 20.6. The smallest absolute Gasteiger partial charge is 0.311 e. The molecule has 38 heavy (non-hydrogen) atoms. The van der Waals surface area contributed by atoms with Gasteiger partial charge in [-0.3, -0.25) is 14.9 Å². The number of nitro benzene ring substituents is 1. The number of rotatable bonds is 8. The summed E-state index contributed by atoms with van der Waals surface area (Å²) < 4.78 is 18.4. The summed E-state index contributed by atoms with van der Waals surface area (Å²) in [6, 6.07) is 15.2. The van der Waals surface area contributed by atoms with Crippen molar-refractivity contribution in [2.24, 2.45) is 5.10 Å². The third kappa shape index (κ3) is 5.10. The molecule has 0 unspecified atom stereocenters. The van der Waals surface area contributed by atoms with E-state index >= 15 is 0 Å². The molecule has 0 N–H and O–H groups in total. The minimum absolute atomic E-state index is 0.0332. The van der Waals surface area contributed by atoms with Crippen molar-refractivity contribution in [3.63, 3.8) is 0 Å². The molecule has 0 fully saturated rings. The molecule has 1 atom stereocenters. The Hall–Kier alpha value is -4.25. The van der Waals surface area contributed by atoms with Crippen LogP contribution in [0.4, 0.5) is 5.69 Å². The van der Waals surface area contributed by atoms with Gasteiger partial charge in [0.25, 0.3) is 5.56 Å². The maximum absolute atomic E-state index is 13.3. The van der Waals surface area contributed by atoms with E-state index in [2.05, 4.69) is 26.0 Å². The molecule has 0 saturated carbocycles. The second-order valence-electron chi connectivity index (χ2n) is 8.76. The van der Waals surface area contributed by atoms with Gasteiger partial charge in [0, 0.05) is 22.0 Å². The number of hydrogen-bond acceptors (Lipinski definition) is 8. The molecule has 194 valence electrons. The minimum atomic E-state index is -0.516. The zero-order valence-corrected chi connectivity index (χ0v) is 22.2. The molecule has 0 aliphatic carbocycles. The lowest BCUT2D eigenvalue weighted by molar-refractivity contribution is -0.385. The van der Waals surface area contributed by atoms with Gasteiger partial charge in [-0.2, -0.15) is 9.78 Å². The van der Waals surface area contributed by atoms with E-state index in [-0.39, 0.29) is 36.3 Å². The Balaban J connectivity index is 1.45. The maximum atomic E-state index is 13.3. The van der Waals surface area contributed by atoms with E-state index in [0.29, 0.717) is 33.8 Å². The molecule has 4 aromatic rings. The van der Waals surface area contributed by atoms with E-state index in [4.69, 9.17) is 14.2 Å². The van der Waals surface area contributed by atoms with E-state index in [1.165, 1.54) is 23.0 Å². The van der Waals surface area contributed by atoms with Crippen LogP contribution >= 0.6 is 15.9 Å². The third-order valence-corrected chi connectivity index (χ3v) is 6.71. The Morgan fingerprint density at radius 1 is 1.18 bits per heavy atom. The van der Waals surface area contributed by atoms with Crippen LogP contribution in [-0.2, 0) is 6.61 Å². The Morgan fingerprint density at radius 3 is 2.79 bits per heavy atom. The van der Waals surface area contributed by atoms with Crippen LogP contribution < -0.4 is 19.8 Å². The van der Waals surface area contributed by atoms with E-state index in [1.807, 2.05) is 26.0 Å². The Kier molecular flexibility index (Phi) is 7.10. The number of nitrogens with zero attached hydrogens (tertiary/aromatic N) is 4. The predicted molar refractivity (Wildman–Crippen MR) is 145 cm³/mol. The zero-order chi connectivity index (χ0) is 26.8. The Morgan fingerprint density at radius 2 is 2.00 bits per heavy atom. The lowest BCUT2D eigenvalue weighted by atomic mass is 10.1. The lowest BCUT2D eigenvalue weighted by Crippen LogP contribution is -2.23. The fourth-order valence-electron chi connectivity index (χ4n) is 3.97. The van der Waals surface area contributed by atoms with Gasteiger partial charge in [-0.05, 0) is 54.4 Å². The predicted octanol–water partition coefficient (Wildman–Crippen LogP) is 5.77. The fraction of sp³-hybridized carbons (Fsp3) is 0.222. The van der Waals surface area contributed by atoms with Crippen LogP contribution in [0.15, 0.2) is 69.0 Å². The third-order valence-electron chi connectivity index (χ3n) is 6.22. The van der Waals surface area contributed by atoms with Gasteiger partial charge in [-0.15, -0.1) is 0 Å². The molecule has 0 radical (unpaired) electrons. The molecule has 2 heterocycles. The standard InChI is InChI=1S/C27H23BrN4O6/c1-3-16(2)26-30-21-7-6-19(28)12-20(21)27(33)31(26)29-13-17-4-8-23(22(10-17)32(34)35)36-14-18-5-9-24-25(11-18)38-15-37-24/h4-13,16H,3,14-15H2,1-2H3/t16-/m0/s1. The van der Waals surface area contributed by atoms with Crippen LogP contribution in [0, 0.1) is 10.1 Å². The number of nitro groups is 1. The van der Waals surface area contributed by atoms with Crippen molar-refractivity contribution in [1.82, 2.24) is 9.66 Å². The molecule has 10 nitrogen and oxygen atoms in total. The average Bonchev–Trinajstić information content (AvgIpc) is 3.39. The molecule has 5 rings (SSSR count). The monoisotopic (exact) mass is 578 g/mol. The maximum Gasteiger partial charge on any atom is 0.311 e. The van der Waals surface area contributed by atoms with Crippen LogP contribution in [-0.4, -0.2) is 27.6 Å². The summed E-state index contributed by atoms with van der Waals surface area (Å²) in [4.78, 5) is 29.3. The number of aromatic nitrogens is 2. The molecule has 0 spiro atoms. The summed E-state index contributed by atoms with van der Waals surface area (Å²) in [5.41, 5.74) is 1.26. The first kappa shape index (κ1) is 25.4.